The van der Waals surface area contributed by atoms with E-state index in [0.717, 1.165) is 45.4 Å². The Bertz CT molecular complexity index is 2400. The lowest BCUT2D eigenvalue weighted by Gasteiger charge is -2.57. The first-order valence-corrected chi connectivity index (χ1v) is 18.4. The number of furan rings is 1. The third kappa shape index (κ3) is 3.95. The number of benzene rings is 6. The summed E-state index contributed by atoms with van der Waals surface area (Å²) in [6.45, 7) is 0. The molecule has 0 saturated heterocycles. The smallest absolute Gasteiger partial charge is 0.137 e. The van der Waals surface area contributed by atoms with Gasteiger partial charge in [0.15, 0.2) is 0 Å². The van der Waals surface area contributed by atoms with Crippen LogP contribution in [0.15, 0.2) is 144 Å². The maximum atomic E-state index is 6.52. The lowest BCUT2D eigenvalue weighted by Crippen LogP contribution is -2.50. The van der Waals surface area contributed by atoms with Gasteiger partial charge in [-0.3, -0.25) is 0 Å². The second-order valence-corrected chi connectivity index (χ2v) is 15.3. The molecule has 2 heteroatoms. The largest absolute Gasteiger partial charge is 0.456 e. The van der Waals surface area contributed by atoms with E-state index >= 15 is 0 Å². The van der Waals surface area contributed by atoms with Gasteiger partial charge in [0.25, 0.3) is 0 Å². The van der Waals surface area contributed by atoms with E-state index in [4.69, 9.17) is 4.42 Å². The Morgan fingerprint density at radius 3 is 2.24 bits per heavy atom. The molecule has 3 fully saturated rings. The summed E-state index contributed by atoms with van der Waals surface area (Å²) >= 11 is 0. The molecule has 3 saturated carbocycles. The predicted molar refractivity (Wildman–Crippen MR) is 202 cm³/mol. The van der Waals surface area contributed by atoms with Gasteiger partial charge in [-0.15, -0.1) is 0 Å². The zero-order valence-electron chi connectivity index (χ0n) is 27.7. The van der Waals surface area contributed by atoms with Crippen LogP contribution in [-0.2, 0) is 5.41 Å². The summed E-state index contributed by atoms with van der Waals surface area (Å²) in [5.41, 5.74) is 13.9. The summed E-state index contributed by atoms with van der Waals surface area (Å²) in [4.78, 5) is 2.53. The lowest BCUT2D eigenvalue weighted by molar-refractivity contribution is -0.0103. The van der Waals surface area contributed by atoms with Crippen molar-refractivity contribution in [2.75, 3.05) is 4.90 Å². The standard InChI is InChI=1S/C47H39NO/c1-2-11-31(12-3-1)36-13-5-8-18-42(36)48(35-23-24-38-37-14-6-9-20-44(37)49-45(38)28-35)43-19-10-17-41-46(43)39-15-4-7-16-40(39)47(41)29-32-22-21-30-25-33(32)27-34(47)26-30/h1-20,23-24,28,30,32-34H,21-22,25-27,29H2. The van der Waals surface area contributed by atoms with E-state index in [9.17, 15) is 0 Å². The van der Waals surface area contributed by atoms with Gasteiger partial charge in [-0.2, -0.15) is 0 Å². The van der Waals surface area contributed by atoms with E-state index in [0.29, 0.717) is 5.92 Å². The Hall–Kier alpha value is -5.08. The minimum atomic E-state index is 0.0928. The van der Waals surface area contributed by atoms with Gasteiger partial charge in [0.2, 0.25) is 0 Å². The summed E-state index contributed by atoms with van der Waals surface area (Å²) in [6, 6.07) is 51.7. The SMILES string of the molecule is c1ccc(-c2ccccc2N(c2ccc3c(c2)oc2ccccc23)c2cccc3c2-c2ccccc2C32CC3CCC4CC3CC2C4)cc1. The van der Waals surface area contributed by atoms with Crippen LogP contribution in [0, 0.1) is 23.7 Å². The van der Waals surface area contributed by atoms with Crippen LogP contribution in [-0.4, -0.2) is 0 Å². The first-order chi connectivity index (χ1) is 24.3. The highest BCUT2D eigenvalue weighted by molar-refractivity contribution is 6.07. The van der Waals surface area contributed by atoms with Gasteiger partial charge in [0, 0.05) is 39.1 Å². The molecule has 49 heavy (non-hydrogen) atoms. The van der Waals surface area contributed by atoms with Crippen molar-refractivity contribution in [3.63, 3.8) is 0 Å². The molecule has 0 radical (unpaired) electrons. The maximum Gasteiger partial charge on any atom is 0.137 e. The van der Waals surface area contributed by atoms with Crippen LogP contribution in [0.3, 0.4) is 0 Å². The van der Waals surface area contributed by atoms with Crippen LogP contribution in [0.4, 0.5) is 17.1 Å². The Kier molecular flexibility index (Phi) is 5.94. The topological polar surface area (TPSA) is 16.4 Å². The van der Waals surface area contributed by atoms with Crippen molar-refractivity contribution in [2.45, 2.75) is 43.9 Å². The first-order valence-electron chi connectivity index (χ1n) is 18.4. The third-order valence-electron chi connectivity index (χ3n) is 13.0. The Balaban J connectivity index is 1.18. The number of hydrogen-bond donors (Lipinski definition) is 0. The molecule has 238 valence electrons. The minimum Gasteiger partial charge on any atom is -0.456 e. The number of nitrogens with zero attached hydrogens (tertiary/aromatic N) is 1. The molecule has 0 aliphatic heterocycles. The lowest BCUT2D eigenvalue weighted by atomic mass is 9.47. The molecule has 1 aromatic heterocycles. The van der Waals surface area contributed by atoms with Gasteiger partial charge in [0.05, 0.1) is 11.4 Å². The average molecular weight is 634 g/mol. The van der Waals surface area contributed by atoms with Crippen molar-refractivity contribution in [1.82, 2.24) is 0 Å². The minimum absolute atomic E-state index is 0.0928. The highest BCUT2D eigenvalue weighted by Crippen LogP contribution is 2.67. The fourth-order valence-corrected chi connectivity index (χ4v) is 11.1. The molecular formula is C47H39NO. The van der Waals surface area contributed by atoms with Crippen molar-refractivity contribution in [1.29, 1.82) is 0 Å². The molecule has 1 heterocycles. The zero-order chi connectivity index (χ0) is 32.1. The van der Waals surface area contributed by atoms with Crippen LogP contribution < -0.4 is 4.90 Å². The quantitative estimate of drug-likeness (QED) is 0.192. The molecule has 5 unspecified atom stereocenters. The van der Waals surface area contributed by atoms with Crippen molar-refractivity contribution in [2.24, 2.45) is 23.7 Å². The van der Waals surface area contributed by atoms with Gasteiger partial charge in [0.1, 0.15) is 11.2 Å². The average Bonchev–Trinajstić information content (AvgIpc) is 3.67. The molecule has 4 aliphatic carbocycles. The van der Waals surface area contributed by atoms with E-state index in [1.165, 1.54) is 72.2 Å². The van der Waals surface area contributed by atoms with Crippen LogP contribution in [0.2, 0.25) is 0 Å². The number of anilines is 3. The van der Waals surface area contributed by atoms with E-state index in [1.54, 1.807) is 11.1 Å². The van der Waals surface area contributed by atoms with Crippen LogP contribution in [0.1, 0.15) is 49.7 Å². The zero-order valence-corrected chi connectivity index (χ0v) is 27.7. The third-order valence-corrected chi connectivity index (χ3v) is 13.0. The molecule has 6 aromatic carbocycles. The Morgan fingerprint density at radius 1 is 0.551 bits per heavy atom. The van der Waals surface area contributed by atoms with Crippen molar-refractivity contribution in [3.8, 4) is 22.3 Å². The van der Waals surface area contributed by atoms with Gasteiger partial charge >= 0.3 is 0 Å². The number of fused-ring (bicyclic) bond motifs is 11. The van der Waals surface area contributed by atoms with Gasteiger partial charge in [-0.1, -0.05) is 110 Å². The van der Waals surface area contributed by atoms with Crippen molar-refractivity contribution >= 4 is 39.0 Å². The summed E-state index contributed by atoms with van der Waals surface area (Å²) in [7, 11) is 0. The summed E-state index contributed by atoms with van der Waals surface area (Å²) < 4.78 is 6.52. The summed E-state index contributed by atoms with van der Waals surface area (Å²) in [5.74, 6) is 3.37. The van der Waals surface area contributed by atoms with E-state index in [1.807, 2.05) is 0 Å². The fourth-order valence-electron chi connectivity index (χ4n) is 11.1. The van der Waals surface area contributed by atoms with E-state index in [-0.39, 0.29) is 5.41 Å². The number of para-hydroxylation sites is 2. The fraction of sp³-hybridized carbons (Fsp3) is 0.234. The van der Waals surface area contributed by atoms with Gasteiger partial charge in [-0.05, 0) is 108 Å². The van der Waals surface area contributed by atoms with E-state index < -0.39 is 0 Å². The maximum absolute atomic E-state index is 6.52. The molecule has 3 bridgehead atoms. The second-order valence-electron chi connectivity index (χ2n) is 15.3. The second kappa shape index (κ2) is 10.5. The molecular weight excluding hydrogens is 595 g/mol. The first kappa shape index (κ1) is 27.8. The molecule has 0 N–H and O–H groups in total. The highest BCUT2D eigenvalue weighted by atomic mass is 16.3. The molecule has 11 rings (SSSR count). The molecule has 0 amide bonds. The highest BCUT2D eigenvalue weighted by Gasteiger charge is 2.57. The van der Waals surface area contributed by atoms with Gasteiger partial charge < -0.3 is 9.32 Å². The predicted octanol–water partition coefficient (Wildman–Crippen LogP) is 12.8. The molecule has 1 spiro atoms. The molecule has 4 aliphatic rings. The van der Waals surface area contributed by atoms with Crippen LogP contribution in [0.5, 0.6) is 0 Å². The normalized spacial score (nSPS) is 24.7. The van der Waals surface area contributed by atoms with Crippen LogP contribution in [0.25, 0.3) is 44.2 Å². The monoisotopic (exact) mass is 633 g/mol. The van der Waals surface area contributed by atoms with E-state index in [2.05, 4.69) is 144 Å². The van der Waals surface area contributed by atoms with Crippen molar-refractivity contribution in [3.05, 3.63) is 151 Å². The summed E-state index contributed by atoms with van der Waals surface area (Å²) in [5, 5.41) is 2.32. The van der Waals surface area contributed by atoms with Crippen LogP contribution >= 0.6 is 0 Å². The molecule has 5 atom stereocenters. The van der Waals surface area contributed by atoms with Crippen molar-refractivity contribution < 1.29 is 4.42 Å². The molecule has 2 nitrogen and oxygen atoms in total. The van der Waals surface area contributed by atoms with Gasteiger partial charge in [-0.25, -0.2) is 0 Å². The molecule has 7 aromatic rings. The Labute approximate surface area is 288 Å². The number of rotatable bonds is 4. The summed E-state index contributed by atoms with van der Waals surface area (Å²) in [6.07, 6.45) is 8.40. The number of hydrogen-bond acceptors (Lipinski definition) is 2. The Morgan fingerprint density at radius 2 is 1.31 bits per heavy atom.